The van der Waals surface area contributed by atoms with Crippen molar-refractivity contribution in [3.8, 4) is 0 Å². The van der Waals surface area contributed by atoms with Gasteiger partial charge in [0.25, 0.3) is 0 Å². The van der Waals surface area contributed by atoms with Crippen LogP contribution in [-0.2, 0) is 6.42 Å². The molecule has 0 aromatic carbocycles. The van der Waals surface area contributed by atoms with Crippen molar-refractivity contribution >= 4 is 34.4 Å². The molecule has 2 aromatic heterocycles. The lowest BCUT2D eigenvalue weighted by Gasteiger charge is -2.15. The average Bonchev–Trinajstić information content (AvgIpc) is 2.92. The van der Waals surface area contributed by atoms with Crippen molar-refractivity contribution in [2.75, 3.05) is 26.0 Å². The molecule has 1 saturated heterocycles. The number of pyridine rings is 1. The number of imidazole rings is 1. The third-order valence-electron chi connectivity index (χ3n) is 3.62. The van der Waals surface area contributed by atoms with E-state index >= 15 is 0 Å². The molecule has 3 rings (SSSR count). The SMILES string of the molecule is CN1CCC(n2c(CCCl)nc3cc(Cl)cnc32)C1. The van der Waals surface area contributed by atoms with Crippen LogP contribution in [0.4, 0.5) is 0 Å². The maximum atomic E-state index is 5.99. The summed E-state index contributed by atoms with van der Waals surface area (Å²) in [6.07, 6.45) is 3.57. The summed E-state index contributed by atoms with van der Waals surface area (Å²) in [5, 5.41) is 0.623. The summed E-state index contributed by atoms with van der Waals surface area (Å²) in [4.78, 5) is 11.4. The molecule has 0 radical (unpaired) electrons. The third-order valence-corrected chi connectivity index (χ3v) is 4.02. The number of hydrogen-bond acceptors (Lipinski definition) is 3. The van der Waals surface area contributed by atoms with E-state index in [0.29, 0.717) is 16.9 Å². The van der Waals surface area contributed by atoms with E-state index in [1.165, 1.54) is 0 Å². The highest BCUT2D eigenvalue weighted by Crippen LogP contribution is 2.27. The third kappa shape index (κ3) is 2.45. The Kier molecular flexibility index (Phi) is 3.65. The fourth-order valence-electron chi connectivity index (χ4n) is 2.77. The Balaban J connectivity index is 2.11. The molecule has 4 nitrogen and oxygen atoms in total. The number of hydrogen-bond donors (Lipinski definition) is 0. The Morgan fingerprint density at radius 1 is 1.47 bits per heavy atom. The molecule has 6 heteroatoms. The summed E-state index contributed by atoms with van der Waals surface area (Å²) >= 11 is 11.9. The van der Waals surface area contributed by atoms with Gasteiger partial charge in [-0.05, 0) is 26.1 Å². The normalized spacial score (nSPS) is 20.5. The Labute approximate surface area is 122 Å². The molecule has 0 N–H and O–H groups in total. The standard InChI is InChI=1S/C13H16Cl2N4/c1-18-5-3-10(8-18)19-12(2-4-14)17-11-6-9(15)7-16-13(11)19/h6-7,10H,2-5,8H2,1H3. The second-order valence-corrected chi connectivity index (χ2v) is 5.85. The Bertz CT molecular complexity index is 596. The zero-order valence-corrected chi connectivity index (χ0v) is 12.3. The topological polar surface area (TPSA) is 34.0 Å². The van der Waals surface area contributed by atoms with Gasteiger partial charge in [-0.25, -0.2) is 9.97 Å². The van der Waals surface area contributed by atoms with Crippen LogP contribution in [0.5, 0.6) is 0 Å². The molecule has 0 saturated carbocycles. The number of aryl methyl sites for hydroxylation is 1. The number of likely N-dealkylation sites (tertiary alicyclic amines) is 1. The van der Waals surface area contributed by atoms with Crippen LogP contribution < -0.4 is 0 Å². The van der Waals surface area contributed by atoms with Gasteiger partial charge in [0.1, 0.15) is 11.3 Å². The lowest BCUT2D eigenvalue weighted by Crippen LogP contribution is -2.18. The average molecular weight is 299 g/mol. The molecular formula is C13H16Cl2N4. The second-order valence-electron chi connectivity index (χ2n) is 5.04. The van der Waals surface area contributed by atoms with Crippen molar-refractivity contribution in [1.29, 1.82) is 0 Å². The van der Waals surface area contributed by atoms with E-state index in [0.717, 1.165) is 42.9 Å². The minimum Gasteiger partial charge on any atom is -0.308 e. The fourth-order valence-corrected chi connectivity index (χ4v) is 3.09. The van der Waals surface area contributed by atoms with Crippen molar-refractivity contribution in [2.24, 2.45) is 0 Å². The molecule has 1 unspecified atom stereocenters. The Hall–Kier alpha value is -0.840. The van der Waals surface area contributed by atoms with Crippen molar-refractivity contribution < 1.29 is 0 Å². The summed E-state index contributed by atoms with van der Waals surface area (Å²) in [5.74, 6) is 1.58. The molecule has 1 fully saturated rings. The number of alkyl halides is 1. The van der Waals surface area contributed by atoms with Crippen LogP contribution in [0.3, 0.4) is 0 Å². The Morgan fingerprint density at radius 2 is 2.32 bits per heavy atom. The molecule has 0 spiro atoms. The van der Waals surface area contributed by atoms with E-state index in [4.69, 9.17) is 23.2 Å². The predicted molar refractivity (Wildman–Crippen MR) is 78.1 cm³/mol. The van der Waals surface area contributed by atoms with Gasteiger partial charge in [0.05, 0.1) is 11.1 Å². The van der Waals surface area contributed by atoms with Gasteiger partial charge in [-0.2, -0.15) is 0 Å². The summed E-state index contributed by atoms with van der Waals surface area (Å²) in [5.41, 5.74) is 1.78. The first kappa shape index (κ1) is 13.2. The molecule has 102 valence electrons. The number of halogens is 2. The van der Waals surface area contributed by atoms with Gasteiger partial charge in [0.2, 0.25) is 0 Å². The van der Waals surface area contributed by atoms with Gasteiger partial charge in [0.15, 0.2) is 5.65 Å². The van der Waals surface area contributed by atoms with Crippen LogP contribution in [0.1, 0.15) is 18.3 Å². The molecule has 2 aromatic rings. The molecule has 0 bridgehead atoms. The maximum absolute atomic E-state index is 5.99. The highest BCUT2D eigenvalue weighted by molar-refractivity contribution is 6.31. The van der Waals surface area contributed by atoms with Gasteiger partial charge in [-0.3, -0.25) is 0 Å². The van der Waals surface area contributed by atoms with Crippen molar-refractivity contribution in [3.63, 3.8) is 0 Å². The summed E-state index contributed by atoms with van der Waals surface area (Å²) in [7, 11) is 2.14. The van der Waals surface area contributed by atoms with E-state index in [1.54, 1.807) is 6.20 Å². The van der Waals surface area contributed by atoms with E-state index in [9.17, 15) is 0 Å². The maximum Gasteiger partial charge on any atom is 0.160 e. The fraction of sp³-hybridized carbons (Fsp3) is 0.538. The molecule has 1 atom stereocenters. The number of aromatic nitrogens is 3. The van der Waals surface area contributed by atoms with Crippen molar-refractivity contribution in [2.45, 2.75) is 18.9 Å². The molecule has 1 aliphatic heterocycles. The van der Waals surface area contributed by atoms with Crippen LogP contribution >= 0.6 is 23.2 Å². The number of fused-ring (bicyclic) bond motifs is 1. The van der Waals surface area contributed by atoms with Gasteiger partial charge < -0.3 is 9.47 Å². The molecule has 3 heterocycles. The van der Waals surface area contributed by atoms with E-state index in [1.807, 2.05) is 6.07 Å². The zero-order chi connectivity index (χ0) is 13.4. The number of likely N-dealkylation sites (N-methyl/N-ethyl adjacent to an activating group) is 1. The largest absolute Gasteiger partial charge is 0.308 e. The minimum atomic E-state index is 0.432. The van der Waals surface area contributed by atoms with Gasteiger partial charge in [-0.15, -0.1) is 11.6 Å². The first-order valence-corrected chi connectivity index (χ1v) is 7.37. The Morgan fingerprint density at radius 3 is 3.00 bits per heavy atom. The van der Waals surface area contributed by atoms with Crippen LogP contribution in [0.2, 0.25) is 5.02 Å². The first-order valence-electron chi connectivity index (χ1n) is 6.46. The zero-order valence-electron chi connectivity index (χ0n) is 10.8. The summed E-state index contributed by atoms with van der Waals surface area (Å²) in [6.45, 7) is 2.14. The van der Waals surface area contributed by atoms with Crippen LogP contribution in [-0.4, -0.2) is 45.5 Å². The quantitative estimate of drug-likeness (QED) is 0.817. The molecule has 0 aliphatic carbocycles. The van der Waals surface area contributed by atoms with Crippen LogP contribution in [0.25, 0.3) is 11.2 Å². The van der Waals surface area contributed by atoms with Crippen LogP contribution in [0, 0.1) is 0 Å². The van der Waals surface area contributed by atoms with Crippen molar-refractivity contribution in [3.05, 3.63) is 23.1 Å². The monoisotopic (exact) mass is 298 g/mol. The van der Waals surface area contributed by atoms with E-state index in [2.05, 4.69) is 26.5 Å². The van der Waals surface area contributed by atoms with Crippen LogP contribution in [0.15, 0.2) is 12.3 Å². The van der Waals surface area contributed by atoms with Gasteiger partial charge in [-0.1, -0.05) is 11.6 Å². The molecule has 19 heavy (non-hydrogen) atoms. The minimum absolute atomic E-state index is 0.432. The number of rotatable bonds is 3. The lowest BCUT2D eigenvalue weighted by atomic mass is 10.2. The molecular weight excluding hydrogens is 283 g/mol. The first-order chi connectivity index (χ1) is 9.19. The molecule has 1 aliphatic rings. The van der Waals surface area contributed by atoms with Gasteiger partial charge in [0, 0.05) is 25.0 Å². The smallest absolute Gasteiger partial charge is 0.160 e. The summed E-state index contributed by atoms with van der Waals surface area (Å²) < 4.78 is 2.25. The van der Waals surface area contributed by atoms with E-state index in [-0.39, 0.29) is 0 Å². The summed E-state index contributed by atoms with van der Waals surface area (Å²) in [6, 6.07) is 2.30. The van der Waals surface area contributed by atoms with E-state index < -0.39 is 0 Å². The highest BCUT2D eigenvalue weighted by atomic mass is 35.5. The van der Waals surface area contributed by atoms with Crippen molar-refractivity contribution in [1.82, 2.24) is 19.4 Å². The highest BCUT2D eigenvalue weighted by Gasteiger charge is 2.25. The second kappa shape index (κ2) is 5.27. The predicted octanol–water partition coefficient (Wildman–Crippen LogP) is 2.74. The molecule has 0 amide bonds. The number of nitrogens with zero attached hydrogens (tertiary/aromatic N) is 4. The lowest BCUT2D eigenvalue weighted by molar-refractivity contribution is 0.392. The van der Waals surface area contributed by atoms with Gasteiger partial charge >= 0.3 is 0 Å².